The van der Waals surface area contributed by atoms with E-state index in [4.69, 9.17) is 0 Å². The predicted molar refractivity (Wildman–Crippen MR) is 103 cm³/mol. The SMILES string of the molecule is CC(=O)Nc1cccc(Nc2nncc(Nc3c(C)cccc3C)n2)c1. The number of carbonyl (C=O) groups is 1. The van der Waals surface area contributed by atoms with Crippen LogP contribution in [0.4, 0.5) is 28.8 Å². The molecular formula is C19H20N6O. The van der Waals surface area contributed by atoms with E-state index < -0.39 is 0 Å². The molecule has 26 heavy (non-hydrogen) atoms. The fraction of sp³-hybridized carbons (Fsp3) is 0.158. The van der Waals surface area contributed by atoms with Gasteiger partial charge in [0, 0.05) is 24.0 Å². The largest absolute Gasteiger partial charge is 0.338 e. The summed E-state index contributed by atoms with van der Waals surface area (Å²) in [7, 11) is 0. The van der Waals surface area contributed by atoms with Crippen LogP contribution in [0.5, 0.6) is 0 Å². The maximum atomic E-state index is 11.2. The fourth-order valence-electron chi connectivity index (χ4n) is 2.56. The molecule has 0 atom stereocenters. The molecule has 0 spiro atoms. The van der Waals surface area contributed by atoms with Gasteiger partial charge in [-0.1, -0.05) is 24.3 Å². The second-order valence-electron chi connectivity index (χ2n) is 5.94. The zero-order valence-corrected chi connectivity index (χ0v) is 14.9. The Hall–Kier alpha value is -3.48. The van der Waals surface area contributed by atoms with Crippen LogP contribution in [0.25, 0.3) is 0 Å². The Balaban J connectivity index is 1.79. The van der Waals surface area contributed by atoms with Gasteiger partial charge in [-0.25, -0.2) is 0 Å². The van der Waals surface area contributed by atoms with Gasteiger partial charge in [0.25, 0.3) is 0 Å². The van der Waals surface area contributed by atoms with E-state index >= 15 is 0 Å². The molecule has 0 saturated heterocycles. The third-order valence-corrected chi connectivity index (χ3v) is 3.73. The summed E-state index contributed by atoms with van der Waals surface area (Å²) >= 11 is 0. The Labute approximate surface area is 151 Å². The molecule has 1 aromatic heterocycles. The van der Waals surface area contributed by atoms with Gasteiger partial charge in [-0.15, -0.1) is 5.10 Å². The molecule has 3 N–H and O–H groups in total. The molecule has 0 bridgehead atoms. The van der Waals surface area contributed by atoms with E-state index in [0.29, 0.717) is 17.5 Å². The van der Waals surface area contributed by atoms with E-state index in [2.05, 4.69) is 31.1 Å². The van der Waals surface area contributed by atoms with Crippen LogP contribution in [0.1, 0.15) is 18.1 Å². The quantitative estimate of drug-likeness (QED) is 0.647. The predicted octanol–water partition coefficient (Wildman–Crippen LogP) is 3.93. The second kappa shape index (κ2) is 7.60. The molecule has 3 aromatic rings. The average Bonchev–Trinajstić information content (AvgIpc) is 2.58. The molecule has 7 nitrogen and oxygen atoms in total. The van der Waals surface area contributed by atoms with Crippen molar-refractivity contribution in [3.05, 3.63) is 59.8 Å². The maximum Gasteiger partial charge on any atom is 0.249 e. The topological polar surface area (TPSA) is 91.8 Å². The molecule has 132 valence electrons. The van der Waals surface area contributed by atoms with Gasteiger partial charge in [-0.2, -0.15) is 10.1 Å². The highest BCUT2D eigenvalue weighted by Gasteiger charge is 2.06. The van der Waals surface area contributed by atoms with Gasteiger partial charge in [-0.3, -0.25) is 4.79 Å². The van der Waals surface area contributed by atoms with Crippen molar-refractivity contribution in [1.82, 2.24) is 15.2 Å². The van der Waals surface area contributed by atoms with Crippen LogP contribution in [0.3, 0.4) is 0 Å². The number of anilines is 5. The summed E-state index contributed by atoms with van der Waals surface area (Å²) in [5, 5.41) is 17.1. The van der Waals surface area contributed by atoms with Crippen molar-refractivity contribution in [2.75, 3.05) is 16.0 Å². The average molecular weight is 348 g/mol. The Morgan fingerprint density at radius 1 is 0.962 bits per heavy atom. The van der Waals surface area contributed by atoms with Crippen LogP contribution in [-0.4, -0.2) is 21.1 Å². The van der Waals surface area contributed by atoms with E-state index in [1.165, 1.54) is 6.92 Å². The molecule has 2 aromatic carbocycles. The summed E-state index contributed by atoms with van der Waals surface area (Å²) in [6.45, 7) is 5.54. The Bertz CT molecular complexity index is 921. The summed E-state index contributed by atoms with van der Waals surface area (Å²) in [6, 6.07) is 13.4. The van der Waals surface area contributed by atoms with Crippen molar-refractivity contribution < 1.29 is 4.79 Å². The van der Waals surface area contributed by atoms with E-state index in [9.17, 15) is 4.79 Å². The highest BCUT2D eigenvalue weighted by atomic mass is 16.1. The lowest BCUT2D eigenvalue weighted by Crippen LogP contribution is -2.06. The number of aromatic nitrogens is 3. The van der Waals surface area contributed by atoms with Crippen molar-refractivity contribution in [3.8, 4) is 0 Å². The van der Waals surface area contributed by atoms with Crippen molar-refractivity contribution >= 4 is 34.7 Å². The number of aryl methyl sites for hydroxylation is 2. The lowest BCUT2D eigenvalue weighted by Gasteiger charge is -2.12. The van der Waals surface area contributed by atoms with Crippen LogP contribution < -0.4 is 16.0 Å². The van der Waals surface area contributed by atoms with Crippen LogP contribution in [-0.2, 0) is 4.79 Å². The molecular weight excluding hydrogens is 328 g/mol. The number of benzene rings is 2. The highest BCUT2D eigenvalue weighted by molar-refractivity contribution is 5.89. The number of carbonyl (C=O) groups excluding carboxylic acids is 1. The van der Waals surface area contributed by atoms with Crippen LogP contribution in [0.15, 0.2) is 48.7 Å². The van der Waals surface area contributed by atoms with Crippen LogP contribution in [0, 0.1) is 13.8 Å². The summed E-state index contributed by atoms with van der Waals surface area (Å²) in [4.78, 5) is 15.6. The molecule has 0 aliphatic carbocycles. The molecule has 0 unspecified atom stereocenters. The third kappa shape index (κ3) is 4.32. The fourth-order valence-corrected chi connectivity index (χ4v) is 2.56. The molecule has 0 radical (unpaired) electrons. The minimum atomic E-state index is -0.125. The summed E-state index contributed by atoms with van der Waals surface area (Å²) in [6.07, 6.45) is 1.57. The molecule has 3 rings (SSSR count). The van der Waals surface area contributed by atoms with Gasteiger partial charge in [0.05, 0.1) is 6.20 Å². The molecule has 0 aliphatic heterocycles. The number of amides is 1. The highest BCUT2D eigenvalue weighted by Crippen LogP contribution is 2.24. The smallest absolute Gasteiger partial charge is 0.249 e. The first-order chi connectivity index (χ1) is 12.5. The van der Waals surface area contributed by atoms with Gasteiger partial charge >= 0.3 is 0 Å². The molecule has 0 aliphatic rings. The standard InChI is InChI=1S/C19H20N6O/c1-12-6-4-7-13(2)18(12)23-17-11-20-25-19(24-17)22-16-9-5-8-15(10-16)21-14(3)26/h4-11H,1-3H3,(H,21,26)(H2,22,23,24,25). The Morgan fingerprint density at radius 2 is 1.65 bits per heavy atom. The monoisotopic (exact) mass is 348 g/mol. The number of para-hydroxylation sites is 1. The maximum absolute atomic E-state index is 11.2. The number of rotatable bonds is 5. The summed E-state index contributed by atoms with van der Waals surface area (Å²) in [5.41, 5.74) is 4.71. The van der Waals surface area contributed by atoms with Crippen LogP contribution >= 0.6 is 0 Å². The number of nitrogens with one attached hydrogen (secondary N) is 3. The molecule has 0 fully saturated rings. The second-order valence-corrected chi connectivity index (χ2v) is 5.94. The van der Waals surface area contributed by atoms with Gasteiger partial charge in [0.2, 0.25) is 11.9 Å². The van der Waals surface area contributed by atoms with E-state index in [1.54, 1.807) is 12.3 Å². The van der Waals surface area contributed by atoms with Crippen molar-refractivity contribution in [2.45, 2.75) is 20.8 Å². The molecule has 7 heteroatoms. The normalized spacial score (nSPS) is 10.3. The van der Waals surface area contributed by atoms with Crippen LogP contribution in [0.2, 0.25) is 0 Å². The Kier molecular flexibility index (Phi) is 5.07. The van der Waals surface area contributed by atoms with E-state index in [0.717, 1.165) is 22.5 Å². The first kappa shape index (κ1) is 17.3. The van der Waals surface area contributed by atoms with Gasteiger partial charge in [-0.05, 0) is 43.2 Å². The van der Waals surface area contributed by atoms with Crippen molar-refractivity contribution in [3.63, 3.8) is 0 Å². The van der Waals surface area contributed by atoms with Crippen molar-refractivity contribution in [1.29, 1.82) is 0 Å². The van der Waals surface area contributed by atoms with Gasteiger partial charge in [0.1, 0.15) is 0 Å². The molecule has 1 heterocycles. The minimum Gasteiger partial charge on any atom is -0.338 e. The van der Waals surface area contributed by atoms with E-state index in [-0.39, 0.29) is 5.91 Å². The van der Waals surface area contributed by atoms with Gasteiger partial charge in [0.15, 0.2) is 5.82 Å². The first-order valence-corrected chi connectivity index (χ1v) is 8.19. The number of hydrogen-bond acceptors (Lipinski definition) is 6. The lowest BCUT2D eigenvalue weighted by atomic mass is 10.1. The number of nitrogens with zero attached hydrogens (tertiary/aromatic N) is 3. The Morgan fingerprint density at radius 3 is 2.38 bits per heavy atom. The zero-order chi connectivity index (χ0) is 18.5. The molecule has 0 saturated carbocycles. The minimum absolute atomic E-state index is 0.125. The number of hydrogen-bond donors (Lipinski definition) is 3. The summed E-state index contributed by atoms with van der Waals surface area (Å²) < 4.78 is 0. The van der Waals surface area contributed by atoms with E-state index in [1.807, 2.05) is 50.2 Å². The lowest BCUT2D eigenvalue weighted by molar-refractivity contribution is -0.114. The molecule has 1 amide bonds. The zero-order valence-electron chi connectivity index (χ0n) is 14.9. The third-order valence-electron chi connectivity index (χ3n) is 3.73. The first-order valence-electron chi connectivity index (χ1n) is 8.19. The summed E-state index contributed by atoms with van der Waals surface area (Å²) in [5.74, 6) is 0.832. The van der Waals surface area contributed by atoms with Gasteiger partial charge < -0.3 is 16.0 Å². The van der Waals surface area contributed by atoms with Crippen molar-refractivity contribution in [2.24, 2.45) is 0 Å².